The molecule has 60 valence electrons. The molecule has 0 aliphatic carbocycles. The van der Waals surface area contributed by atoms with E-state index in [4.69, 9.17) is 15.6 Å². The van der Waals surface area contributed by atoms with E-state index in [1.807, 2.05) is 0 Å². The van der Waals surface area contributed by atoms with Crippen molar-refractivity contribution in [2.24, 2.45) is 11.7 Å². The smallest absolute Gasteiger partial charge is 0.0638 e. The van der Waals surface area contributed by atoms with Crippen LogP contribution in [0.1, 0.15) is 12.8 Å². The summed E-state index contributed by atoms with van der Waals surface area (Å²) in [6.45, 7) is 1.52. The average molecular weight is 145 g/mol. The van der Waals surface area contributed by atoms with Crippen molar-refractivity contribution in [3.05, 3.63) is 0 Å². The lowest BCUT2D eigenvalue weighted by Gasteiger charge is -2.17. The zero-order valence-electron chi connectivity index (χ0n) is 6.12. The fraction of sp³-hybridized carbons (Fsp3) is 1.00. The number of nitrogens with two attached hydrogens (primary N) is 1. The highest BCUT2D eigenvalue weighted by Crippen LogP contribution is 2.18. The van der Waals surface area contributed by atoms with Crippen molar-refractivity contribution in [3.8, 4) is 0 Å². The Bertz CT molecular complexity index is 87.6. The van der Waals surface area contributed by atoms with Crippen molar-refractivity contribution in [2.45, 2.75) is 18.9 Å². The van der Waals surface area contributed by atoms with Gasteiger partial charge >= 0.3 is 0 Å². The second-order valence-electron chi connectivity index (χ2n) is 2.73. The zero-order valence-corrected chi connectivity index (χ0v) is 6.12. The molecule has 1 saturated heterocycles. The van der Waals surface area contributed by atoms with Crippen LogP contribution in [0.2, 0.25) is 0 Å². The van der Waals surface area contributed by atoms with Gasteiger partial charge in [0.1, 0.15) is 0 Å². The standard InChI is InChI=1S/C7H15NO2/c8-4-6(5-9)7-2-1-3-10-7/h6-7,9H,1-5,8H2. The Morgan fingerprint density at radius 3 is 2.90 bits per heavy atom. The highest BCUT2D eigenvalue weighted by Gasteiger charge is 2.23. The Kier molecular flexibility index (Phi) is 3.12. The Morgan fingerprint density at radius 2 is 2.50 bits per heavy atom. The van der Waals surface area contributed by atoms with Gasteiger partial charge in [0.05, 0.1) is 6.10 Å². The number of ether oxygens (including phenoxy) is 1. The molecule has 3 N–H and O–H groups in total. The van der Waals surface area contributed by atoms with E-state index in [-0.39, 0.29) is 18.6 Å². The quantitative estimate of drug-likeness (QED) is 0.575. The van der Waals surface area contributed by atoms with Crippen molar-refractivity contribution in [2.75, 3.05) is 19.8 Å². The first-order valence-electron chi connectivity index (χ1n) is 3.81. The van der Waals surface area contributed by atoms with Gasteiger partial charge in [-0.3, -0.25) is 0 Å². The molecule has 0 amide bonds. The van der Waals surface area contributed by atoms with Crippen molar-refractivity contribution >= 4 is 0 Å². The summed E-state index contributed by atoms with van der Waals surface area (Å²) in [6, 6.07) is 0. The van der Waals surface area contributed by atoms with Crippen LogP contribution in [0.25, 0.3) is 0 Å². The summed E-state index contributed by atoms with van der Waals surface area (Å²) >= 11 is 0. The van der Waals surface area contributed by atoms with Crippen LogP contribution < -0.4 is 5.73 Å². The van der Waals surface area contributed by atoms with Gasteiger partial charge in [0.15, 0.2) is 0 Å². The van der Waals surface area contributed by atoms with Crippen LogP contribution in [0.5, 0.6) is 0 Å². The molecule has 0 aromatic rings. The Morgan fingerprint density at radius 1 is 1.70 bits per heavy atom. The predicted octanol–water partition coefficient (Wildman–Crippen LogP) is -0.267. The summed E-state index contributed by atoms with van der Waals surface area (Å²) < 4.78 is 5.36. The molecule has 1 aliphatic heterocycles. The molecule has 0 spiro atoms. The summed E-state index contributed by atoms with van der Waals surface area (Å²) in [4.78, 5) is 0. The van der Waals surface area contributed by atoms with E-state index in [1.165, 1.54) is 0 Å². The molecule has 3 nitrogen and oxygen atoms in total. The minimum atomic E-state index is 0.154. The number of rotatable bonds is 3. The molecule has 1 rings (SSSR count). The Balaban J connectivity index is 2.29. The Hall–Kier alpha value is -0.120. The molecule has 2 atom stereocenters. The van der Waals surface area contributed by atoms with Gasteiger partial charge in [0.2, 0.25) is 0 Å². The first kappa shape index (κ1) is 7.98. The summed E-state index contributed by atoms with van der Waals surface area (Å²) in [6.07, 6.45) is 2.39. The maximum absolute atomic E-state index is 8.83. The second-order valence-corrected chi connectivity index (χ2v) is 2.73. The van der Waals surface area contributed by atoms with Crippen molar-refractivity contribution in [1.82, 2.24) is 0 Å². The maximum Gasteiger partial charge on any atom is 0.0638 e. The van der Waals surface area contributed by atoms with Crippen LogP contribution in [0, 0.1) is 5.92 Å². The molecule has 0 radical (unpaired) electrons. The van der Waals surface area contributed by atoms with Crippen LogP contribution in [0.15, 0.2) is 0 Å². The minimum Gasteiger partial charge on any atom is -0.396 e. The third kappa shape index (κ3) is 1.68. The summed E-state index contributed by atoms with van der Waals surface area (Å²) in [5.74, 6) is 0.155. The minimum absolute atomic E-state index is 0.154. The first-order valence-corrected chi connectivity index (χ1v) is 3.81. The van der Waals surface area contributed by atoms with Crippen molar-refractivity contribution < 1.29 is 9.84 Å². The van der Waals surface area contributed by atoms with Crippen LogP contribution >= 0.6 is 0 Å². The molecule has 0 saturated carbocycles. The fourth-order valence-electron chi connectivity index (χ4n) is 1.32. The van der Waals surface area contributed by atoms with Gasteiger partial charge in [0.25, 0.3) is 0 Å². The largest absolute Gasteiger partial charge is 0.396 e. The SMILES string of the molecule is NCC(CO)C1CCCO1. The van der Waals surface area contributed by atoms with Crippen LogP contribution in [0.3, 0.4) is 0 Å². The van der Waals surface area contributed by atoms with Crippen LogP contribution in [-0.2, 0) is 4.74 Å². The summed E-state index contributed by atoms with van der Waals surface area (Å²) in [7, 11) is 0. The van der Waals surface area contributed by atoms with Gasteiger partial charge < -0.3 is 15.6 Å². The number of aliphatic hydroxyl groups is 1. The average Bonchev–Trinajstić information content (AvgIpc) is 2.43. The molecular weight excluding hydrogens is 130 g/mol. The van der Waals surface area contributed by atoms with Crippen LogP contribution in [-0.4, -0.2) is 31.0 Å². The highest BCUT2D eigenvalue weighted by atomic mass is 16.5. The molecule has 1 fully saturated rings. The Labute approximate surface area is 61.2 Å². The zero-order chi connectivity index (χ0) is 7.40. The predicted molar refractivity (Wildman–Crippen MR) is 38.6 cm³/mol. The fourth-order valence-corrected chi connectivity index (χ4v) is 1.32. The summed E-state index contributed by atoms with van der Waals surface area (Å²) in [5.41, 5.74) is 5.42. The number of hydrogen-bond acceptors (Lipinski definition) is 3. The lowest BCUT2D eigenvalue weighted by atomic mass is 10.0. The van der Waals surface area contributed by atoms with E-state index in [0.29, 0.717) is 6.54 Å². The van der Waals surface area contributed by atoms with Gasteiger partial charge in [-0.25, -0.2) is 0 Å². The third-order valence-electron chi connectivity index (χ3n) is 2.03. The second kappa shape index (κ2) is 3.91. The lowest BCUT2D eigenvalue weighted by Crippen LogP contribution is -2.30. The molecule has 1 heterocycles. The topological polar surface area (TPSA) is 55.5 Å². The van der Waals surface area contributed by atoms with E-state index in [9.17, 15) is 0 Å². The maximum atomic E-state index is 8.83. The van der Waals surface area contributed by atoms with Gasteiger partial charge in [0, 0.05) is 19.1 Å². The molecule has 10 heavy (non-hydrogen) atoms. The lowest BCUT2D eigenvalue weighted by molar-refractivity contribution is 0.0405. The molecular formula is C7H15NO2. The van der Waals surface area contributed by atoms with Gasteiger partial charge in [-0.1, -0.05) is 0 Å². The molecule has 0 aromatic heterocycles. The highest BCUT2D eigenvalue weighted by molar-refractivity contribution is 4.74. The van der Waals surface area contributed by atoms with Crippen molar-refractivity contribution in [1.29, 1.82) is 0 Å². The molecule has 0 bridgehead atoms. The van der Waals surface area contributed by atoms with Gasteiger partial charge in [-0.15, -0.1) is 0 Å². The van der Waals surface area contributed by atoms with E-state index >= 15 is 0 Å². The monoisotopic (exact) mass is 145 g/mol. The summed E-state index contributed by atoms with van der Waals surface area (Å²) in [5, 5.41) is 8.83. The van der Waals surface area contributed by atoms with E-state index < -0.39 is 0 Å². The van der Waals surface area contributed by atoms with Crippen molar-refractivity contribution in [3.63, 3.8) is 0 Å². The molecule has 1 aliphatic rings. The molecule has 0 aromatic carbocycles. The van der Waals surface area contributed by atoms with E-state index in [2.05, 4.69) is 0 Å². The van der Waals surface area contributed by atoms with Crippen LogP contribution in [0.4, 0.5) is 0 Å². The third-order valence-corrected chi connectivity index (χ3v) is 2.03. The molecule has 3 heteroatoms. The normalized spacial score (nSPS) is 28.8. The first-order chi connectivity index (χ1) is 4.88. The van der Waals surface area contributed by atoms with Gasteiger partial charge in [-0.05, 0) is 19.4 Å². The number of hydrogen-bond donors (Lipinski definition) is 2. The molecule has 2 unspecified atom stereocenters. The van der Waals surface area contributed by atoms with Gasteiger partial charge in [-0.2, -0.15) is 0 Å². The van der Waals surface area contributed by atoms with E-state index in [1.54, 1.807) is 0 Å². The van der Waals surface area contributed by atoms with E-state index in [0.717, 1.165) is 19.4 Å². The number of aliphatic hydroxyl groups excluding tert-OH is 1.